The molecule has 1 aliphatic heterocycles. The summed E-state index contributed by atoms with van der Waals surface area (Å²) in [7, 11) is 1.57. The van der Waals surface area contributed by atoms with Crippen LogP contribution in [0.2, 0.25) is 0 Å². The van der Waals surface area contributed by atoms with E-state index >= 15 is 0 Å². The highest BCUT2D eigenvalue weighted by atomic mass is 16.5. The van der Waals surface area contributed by atoms with E-state index in [1.165, 1.54) is 0 Å². The predicted octanol–water partition coefficient (Wildman–Crippen LogP) is 3.23. The Morgan fingerprint density at radius 2 is 1.89 bits per heavy atom. The molecular weight excluding hydrogens is 360 g/mol. The third-order valence-corrected chi connectivity index (χ3v) is 5.48. The normalized spacial score (nSPS) is 21.5. The molecule has 0 amide bonds. The highest BCUT2D eigenvalue weighted by molar-refractivity contribution is 5.90. The molecule has 1 aromatic heterocycles. The zero-order chi connectivity index (χ0) is 20.4. The van der Waals surface area contributed by atoms with Gasteiger partial charge in [-0.1, -0.05) is 13.8 Å². The van der Waals surface area contributed by atoms with Crippen LogP contribution >= 0.6 is 0 Å². The van der Waals surface area contributed by atoms with Crippen molar-refractivity contribution in [1.29, 1.82) is 0 Å². The van der Waals surface area contributed by atoms with Crippen LogP contribution in [0.1, 0.15) is 38.3 Å². The summed E-state index contributed by atoms with van der Waals surface area (Å²) >= 11 is 0. The number of piperidine rings is 1. The number of carboxylic acid groups (broad SMARTS) is 2. The molecule has 1 aromatic carbocycles. The lowest BCUT2D eigenvalue weighted by atomic mass is 9.89. The molecule has 0 unspecified atom stereocenters. The Labute approximate surface area is 164 Å². The van der Waals surface area contributed by atoms with Crippen molar-refractivity contribution in [1.82, 2.24) is 9.47 Å². The molecule has 1 aliphatic rings. The van der Waals surface area contributed by atoms with E-state index in [4.69, 9.17) is 9.84 Å². The first-order valence-corrected chi connectivity index (χ1v) is 9.65. The van der Waals surface area contributed by atoms with Crippen molar-refractivity contribution >= 4 is 22.8 Å². The van der Waals surface area contributed by atoms with Crippen LogP contribution in [0, 0.1) is 11.8 Å². The minimum atomic E-state index is -0.888. The second kappa shape index (κ2) is 8.22. The van der Waals surface area contributed by atoms with Crippen molar-refractivity contribution in [3.05, 3.63) is 30.0 Å². The van der Waals surface area contributed by atoms with Crippen molar-refractivity contribution in [2.75, 3.05) is 20.2 Å². The number of fused-ring (bicyclic) bond motifs is 1. The Balaban J connectivity index is 2.09. The van der Waals surface area contributed by atoms with E-state index in [9.17, 15) is 14.7 Å². The maximum atomic E-state index is 12.3. The van der Waals surface area contributed by atoms with Crippen molar-refractivity contribution in [3.8, 4) is 5.75 Å². The molecule has 0 aliphatic carbocycles. The Morgan fingerprint density at radius 3 is 2.46 bits per heavy atom. The molecule has 0 radical (unpaired) electrons. The molecule has 1 fully saturated rings. The van der Waals surface area contributed by atoms with Crippen molar-refractivity contribution < 1.29 is 24.5 Å². The molecule has 7 nitrogen and oxygen atoms in total. The third-order valence-electron chi connectivity index (χ3n) is 5.48. The summed E-state index contributed by atoms with van der Waals surface area (Å²) in [5.74, 6) is -0.262. The Kier molecular flexibility index (Phi) is 5.93. The standard InChI is InChI=1S/C21H28N2O5/c1-13-8-14(2)11-23(10-13)20(21(26)27)17-12-22(7-6-19(24)25)18-5-4-15(28-3)9-16(17)18/h4-5,9,12-14,20H,6-8,10-11H2,1-3H3,(H,24,25)(H,26,27)/t13-,14-,20+/m0/s1. The number of likely N-dealkylation sites (tertiary alicyclic amines) is 1. The molecule has 2 aromatic rings. The van der Waals surface area contributed by atoms with Gasteiger partial charge in [-0.15, -0.1) is 0 Å². The molecule has 152 valence electrons. The van der Waals surface area contributed by atoms with Gasteiger partial charge in [-0.3, -0.25) is 14.5 Å². The Bertz CT molecular complexity index is 865. The van der Waals surface area contributed by atoms with Crippen LogP contribution in [-0.2, 0) is 16.1 Å². The van der Waals surface area contributed by atoms with Crippen LogP contribution in [0.25, 0.3) is 10.9 Å². The fourth-order valence-corrected chi connectivity index (χ4v) is 4.46. The van der Waals surface area contributed by atoms with Gasteiger partial charge in [0.25, 0.3) is 0 Å². The van der Waals surface area contributed by atoms with Gasteiger partial charge in [0.15, 0.2) is 0 Å². The first-order chi connectivity index (χ1) is 13.3. The van der Waals surface area contributed by atoms with Gasteiger partial charge < -0.3 is 19.5 Å². The number of benzene rings is 1. The lowest BCUT2D eigenvalue weighted by molar-refractivity contribution is -0.144. The van der Waals surface area contributed by atoms with E-state index in [0.29, 0.717) is 23.1 Å². The van der Waals surface area contributed by atoms with Gasteiger partial charge in [-0.25, -0.2) is 0 Å². The van der Waals surface area contributed by atoms with Gasteiger partial charge in [0, 0.05) is 42.3 Å². The van der Waals surface area contributed by atoms with E-state index in [1.807, 2.05) is 27.7 Å². The van der Waals surface area contributed by atoms with Crippen LogP contribution < -0.4 is 4.74 Å². The monoisotopic (exact) mass is 388 g/mol. The fraction of sp³-hybridized carbons (Fsp3) is 0.524. The quantitative estimate of drug-likeness (QED) is 0.757. The molecule has 0 saturated carbocycles. The number of hydrogen-bond donors (Lipinski definition) is 2. The zero-order valence-corrected chi connectivity index (χ0v) is 16.6. The maximum absolute atomic E-state index is 12.3. The van der Waals surface area contributed by atoms with Gasteiger partial charge in [0.05, 0.1) is 13.5 Å². The number of hydrogen-bond acceptors (Lipinski definition) is 4. The molecular formula is C21H28N2O5. The topological polar surface area (TPSA) is 92.0 Å². The van der Waals surface area contributed by atoms with Crippen LogP contribution in [-0.4, -0.2) is 51.8 Å². The molecule has 3 atom stereocenters. The number of nitrogens with zero attached hydrogens (tertiary/aromatic N) is 2. The van der Waals surface area contributed by atoms with E-state index in [-0.39, 0.29) is 13.0 Å². The summed E-state index contributed by atoms with van der Waals surface area (Å²) in [6.45, 7) is 6.05. The van der Waals surface area contributed by atoms with Crippen LogP contribution in [0.3, 0.4) is 0 Å². The largest absolute Gasteiger partial charge is 0.497 e. The smallest absolute Gasteiger partial charge is 0.325 e. The molecule has 0 spiro atoms. The number of rotatable bonds is 7. The summed E-state index contributed by atoms with van der Waals surface area (Å²) < 4.78 is 7.18. The van der Waals surface area contributed by atoms with E-state index in [2.05, 4.69) is 13.8 Å². The number of methoxy groups -OCH3 is 1. The van der Waals surface area contributed by atoms with Crippen LogP contribution in [0.4, 0.5) is 0 Å². The van der Waals surface area contributed by atoms with Gasteiger partial charge in [-0.2, -0.15) is 0 Å². The van der Waals surface area contributed by atoms with Crippen molar-refractivity contribution in [2.24, 2.45) is 11.8 Å². The molecule has 3 rings (SSSR count). The third kappa shape index (κ3) is 4.14. The summed E-state index contributed by atoms with van der Waals surface area (Å²) in [5.41, 5.74) is 1.51. The molecule has 2 heterocycles. The van der Waals surface area contributed by atoms with E-state index in [0.717, 1.165) is 30.4 Å². The van der Waals surface area contributed by atoms with Gasteiger partial charge in [0.1, 0.15) is 11.8 Å². The van der Waals surface area contributed by atoms with E-state index in [1.54, 1.807) is 13.3 Å². The molecule has 28 heavy (non-hydrogen) atoms. The number of aliphatic carboxylic acids is 2. The second-order valence-corrected chi connectivity index (χ2v) is 7.95. The minimum Gasteiger partial charge on any atom is -0.497 e. The first kappa shape index (κ1) is 20.2. The Morgan fingerprint density at radius 1 is 1.21 bits per heavy atom. The number of ether oxygens (including phenoxy) is 1. The van der Waals surface area contributed by atoms with Crippen molar-refractivity contribution in [3.63, 3.8) is 0 Å². The number of aromatic nitrogens is 1. The second-order valence-electron chi connectivity index (χ2n) is 7.95. The van der Waals surface area contributed by atoms with Crippen LogP contribution in [0.15, 0.2) is 24.4 Å². The Hall–Kier alpha value is -2.54. The predicted molar refractivity (Wildman–Crippen MR) is 106 cm³/mol. The van der Waals surface area contributed by atoms with Gasteiger partial charge >= 0.3 is 11.9 Å². The molecule has 0 bridgehead atoms. The summed E-state index contributed by atoms with van der Waals surface area (Å²) in [6, 6.07) is 4.74. The first-order valence-electron chi connectivity index (χ1n) is 9.65. The van der Waals surface area contributed by atoms with Gasteiger partial charge in [0.2, 0.25) is 0 Å². The highest BCUT2D eigenvalue weighted by Gasteiger charge is 2.34. The summed E-state index contributed by atoms with van der Waals surface area (Å²) in [4.78, 5) is 25.4. The summed E-state index contributed by atoms with van der Waals surface area (Å²) in [5, 5.41) is 19.9. The fourth-order valence-electron chi connectivity index (χ4n) is 4.46. The lowest BCUT2D eigenvalue weighted by Crippen LogP contribution is -2.43. The van der Waals surface area contributed by atoms with Gasteiger partial charge in [-0.05, 0) is 36.5 Å². The molecule has 1 saturated heterocycles. The van der Waals surface area contributed by atoms with Crippen LogP contribution in [0.5, 0.6) is 5.75 Å². The zero-order valence-electron chi connectivity index (χ0n) is 16.6. The average Bonchev–Trinajstić information content (AvgIpc) is 2.96. The molecule has 7 heteroatoms. The lowest BCUT2D eigenvalue weighted by Gasteiger charge is -2.38. The van der Waals surface area contributed by atoms with Crippen molar-refractivity contribution in [2.45, 2.75) is 39.3 Å². The maximum Gasteiger partial charge on any atom is 0.325 e. The number of carbonyl (C=O) groups is 2. The van der Waals surface area contributed by atoms with E-state index < -0.39 is 18.0 Å². The number of carboxylic acids is 2. The number of aryl methyl sites for hydroxylation is 1. The highest BCUT2D eigenvalue weighted by Crippen LogP contribution is 2.36. The minimum absolute atomic E-state index is 0.0230. The average molecular weight is 388 g/mol. The summed E-state index contributed by atoms with van der Waals surface area (Å²) in [6.07, 6.45) is 2.87. The SMILES string of the molecule is COc1ccc2c(c1)c([C@H](C(=O)O)N1C[C@@H](C)C[C@H](C)C1)cn2CCC(=O)O. The molecule has 2 N–H and O–H groups in total.